The Morgan fingerprint density at radius 3 is 2.92 bits per heavy atom. The van der Waals surface area contributed by atoms with Crippen LogP contribution in [-0.4, -0.2) is 41.2 Å². The van der Waals surface area contributed by atoms with Gasteiger partial charge in [0.1, 0.15) is 0 Å². The van der Waals surface area contributed by atoms with Crippen molar-refractivity contribution >= 4 is 17.5 Å². The Labute approximate surface area is 152 Å². The Hall–Kier alpha value is -2.93. The van der Waals surface area contributed by atoms with Crippen LogP contribution in [-0.2, 0) is 11.8 Å². The van der Waals surface area contributed by atoms with Crippen LogP contribution in [0.2, 0.25) is 0 Å². The van der Waals surface area contributed by atoms with E-state index in [-0.39, 0.29) is 23.7 Å². The van der Waals surface area contributed by atoms with Gasteiger partial charge >= 0.3 is 0 Å². The lowest BCUT2D eigenvalue weighted by molar-refractivity contribution is -0.119. The molecule has 0 bridgehead atoms. The van der Waals surface area contributed by atoms with Crippen molar-refractivity contribution < 1.29 is 9.59 Å². The van der Waals surface area contributed by atoms with Crippen molar-refractivity contribution in [2.45, 2.75) is 5.92 Å². The van der Waals surface area contributed by atoms with E-state index in [2.05, 4.69) is 27.6 Å². The number of amides is 2. The highest BCUT2D eigenvalue weighted by molar-refractivity contribution is 6.04. The summed E-state index contributed by atoms with van der Waals surface area (Å²) in [4.78, 5) is 25.2. The summed E-state index contributed by atoms with van der Waals surface area (Å²) >= 11 is 0. The molecule has 0 radical (unpaired) electrons. The largest absolute Gasteiger partial charge is 0.349 e. The summed E-state index contributed by atoms with van der Waals surface area (Å²) in [6, 6.07) is 7.00. The monoisotopic (exact) mass is 353 g/mol. The second-order valence-electron chi connectivity index (χ2n) is 6.35. The normalized spacial score (nSPS) is 19.1. The maximum Gasteiger partial charge on any atom is 0.253 e. The molecule has 1 aromatic carbocycles. The van der Waals surface area contributed by atoms with Gasteiger partial charge in [-0.05, 0) is 17.7 Å². The van der Waals surface area contributed by atoms with E-state index in [1.165, 1.54) is 0 Å². The number of hydrogen-bond acceptors (Lipinski definition) is 4. The van der Waals surface area contributed by atoms with Gasteiger partial charge in [0.2, 0.25) is 5.91 Å². The van der Waals surface area contributed by atoms with Gasteiger partial charge in [-0.15, -0.1) is 6.58 Å². The lowest BCUT2D eigenvalue weighted by Crippen LogP contribution is -2.30. The first-order valence-electron chi connectivity index (χ1n) is 8.58. The predicted octanol–water partition coefficient (Wildman–Crippen LogP) is 1.28. The molecule has 0 saturated carbocycles. The van der Waals surface area contributed by atoms with Crippen LogP contribution in [0.1, 0.15) is 21.8 Å². The molecule has 2 amide bonds. The Bertz CT molecular complexity index is 814. The summed E-state index contributed by atoms with van der Waals surface area (Å²) in [5.74, 6) is -0.504. The van der Waals surface area contributed by atoms with Crippen molar-refractivity contribution in [1.29, 1.82) is 0 Å². The number of nitrogens with zero attached hydrogens (tertiary/aromatic N) is 2. The number of rotatable bonds is 6. The molecule has 26 heavy (non-hydrogen) atoms. The molecular weight excluding hydrogens is 330 g/mol. The topological polar surface area (TPSA) is 88.1 Å². The molecule has 1 aromatic heterocycles. The molecule has 0 aliphatic carbocycles. The zero-order valence-electron chi connectivity index (χ0n) is 14.7. The number of anilines is 1. The van der Waals surface area contributed by atoms with E-state index in [1.807, 2.05) is 13.2 Å². The lowest BCUT2D eigenvalue weighted by Gasteiger charge is -2.18. The van der Waals surface area contributed by atoms with Crippen LogP contribution in [0.25, 0.3) is 0 Å². The summed E-state index contributed by atoms with van der Waals surface area (Å²) in [5.41, 5.74) is 1.98. The molecule has 2 heterocycles. The van der Waals surface area contributed by atoms with Gasteiger partial charge in [0.05, 0.1) is 23.4 Å². The van der Waals surface area contributed by atoms with E-state index in [0.29, 0.717) is 24.3 Å². The van der Waals surface area contributed by atoms with E-state index in [9.17, 15) is 9.59 Å². The van der Waals surface area contributed by atoms with Gasteiger partial charge in [0, 0.05) is 38.8 Å². The quantitative estimate of drug-likeness (QED) is 0.683. The predicted molar refractivity (Wildman–Crippen MR) is 99.9 cm³/mol. The number of nitrogens with one attached hydrogen (secondary N) is 3. The third kappa shape index (κ3) is 3.83. The standard InChI is InChI=1S/C19H23N5O2/c1-3-8-21-18(25)14-6-4-5-7-17(14)23-19(26)16-11-20-10-15(16)13-9-22-24(2)12-13/h3-7,9,12,15-16,20H,1,8,10-11H2,2H3,(H,21,25)(H,23,26)/t15-,16+/m1/s1. The highest BCUT2D eigenvalue weighted by atomic mass is 16.2. The number of aromatic nitrogens is 2. The molecule has 1 saturated heterocycles. The second kappa shape index (κ2) is 7.97. The average molecular weight is 353 g/mol. The Balaban J connectivity index is 1.75. The van der Waals surface area contributed by atoms with Crippen LogP contribution in [0, 0.1) is 5.92 Å². The van der Waals surface area contributed by atoms with E-state index >= 15 is 0 Å². The van der Waals surface area contributed by atoms with Gasteiger partial charge in [-0.1, -0.05) is 18.2 Å². The van der Waals surface area contributed by atoms with E-state index in [0.717, 1.165) is 12.1 Å². The van der Waals surface area contributed by atoms with Crippen molar-refractivity contribution in [3.8, 4) is 0 Å². The summed E-state index contributed by atoms with van der Waals surface area (Å²) in [7, 11) is 1.86. The smallest absolute Gasteiger partial charge is 0.253 e. The molecule has 3 rings (SSSR count). The van der Waals surface area contributed by atoms with Gasteiger partial charge in [0.25, 0.3) is 5.91 Å². The molecule has 7 nitrogen and oxygen atoms in total. The highest BCUT2D eigenvalue weighted by Crippen LogP contribution is 2.29. The summed E-state index contributed by atoms with van der Waals surface area (Å²) in [5, 5.41) is 13.1. The molecule has 2 atom stereocenters. The average Bonchev–Trinajstić information content (AvgIpc) is 3.28. The second-order valence-corrected chi connectivity index (χ2v) is 6.35. The zero-order chi connectivity index (χ0) is 18.5. The fraction of sp³-hybridized carbons (Fsp3) is 0.316. The van der Waals surface area contributed by atoms with E-state index in [1.54, 1.807) is 41.2 Å². The maximum absolute atomic E-state index is 12.9. The van der Waals surface area contributed by atoms with Crippen molar-refractivity contribution in [2.24, 2.45) is 13.0 Å². The Morgan fingerprint density at radius 2 is 2.19 bits per heavy atom. The van der Waals surface area contributed by atoms with E-state index in [4.69, 9.17) is 0 Å². The number of aryl methyl sites for hydroxylation is 1. The van der Waals surface area contributed by atoms with Crippen LogP contribution in [0.15, 0.2) is 49.3 Å². The van der Waals surface area contributed by atoms with Crippen LogP contribution in [0.4, 0.5) is 5.69 Å². The third-order valence-corrected chi connectivity index (χ3v) is 4.54. The fourth-order valence-electron chi connectivity index (χ4n) is 3.21. The number of carbonyl (C=O) groups is 2. The summed E-state index contributed by atoms with van der Waals surface area (Å²) < 4.78 is 1.74. The van der Waals surface area contributed by atoms with Crippen molar-refractivity contribution in [3.63, 3.8) is 0 Å². The van der Waals surface area contributed by atoms with Gasteiger partial charge < -0.3 is 16.0 Å². The number of benzene rings is 1. The highest BCUT2D eigenvalue weighted by Gasteiger charge is 2.35. The van der Waals surface area contributed by atoms with Crippen LogP contribution < -0.4 is 16.0 Å². The van der Waals surface area contributed by atoms with Crippen LogP contribution in [0.5, 0.6) is 0 Å². The lowest BCUT2D eigenvalue weighted by atomic mass is 9.90. The molecule has 2 aromatic rings. The molecule has 136 valence electrons. The molecule has 3 N–H and O–H groups in total. The molecule has 1 aliphatic rings. The fourth-order valence-corrected chi connectivity index (χ4v) is 3.21. The number of carbonyl (C=O) groups excluding carboxylic acids is 2. The molecule has 7 heteroatoms. The first-order valence-corrected chi connectivity index (χ1v) is 8.58. The van der Waals surface area contributed by atoms with Gasteiger partial charge in [-0.2, -0.15) is 5.10 Å². The number of para-hydroxylation sites is 1. The Kier molecular flexibility index (Phi) is 5.48. The first kappa shape index (κ1) is 17.9. The van der Waals surface area contributed by atoms with Gasteiger partial charge in [0.15, 0.2) is 0 Å². The van der Waals surface area contributed by atoms with Crippen molar-refractivity contribution in [3.05, 3.63) is 60.4 Å². The van der Waals surface area contributed by atoms with Gasteiger partial charge in [-0.3, -0.25) is 14.3 Å². The summed E-state index contributed by atoms with van der Waals surface area (Å²) in [6.07, 6.45) is 5.35. The molecule has 1 fully saturated rings. The minimum absolute atomic E-state index is 0.0606. The summed E-state index contributed by atoms with van der Waals surface area (Å²) in [6.45, 7) is 5.28. The molecule has 1 aliphatic heterocycles. The van der Waals surface area contributed by atoms with Crippen molar-refractivity contribution in [1.82, 2.24) is 20.4 Å². The van der Waals surface area contributed by atoms with Gasteiger partial charge in [-0.25, -0.2) is 0 Å². The first-order chi connectivity index (χ1) is 12.6. The molecular formula is C19H23N5O2. The van der Waals surface area contributed by atoms with Crippen LogP contribution in [0.3, 0.4) is 0 Å². The SMILES string of the molecule is C=CCNC(=O)c1ccccc1NC(=O)[C@H]1CNC[C@@H]1c1cnn(C)c1. The van der Waals surface area contributed by atoms with Crippen LogP contribution >= 0.6 is 0 Å². The zero-order valence-corrected chi connectivity index (χ0v) is 14.7. The van der Waals surface area contributed by atoms with E-state index < -0.39 is 0 Å². The molecule has 0 spiro atoms. The minimum atomic E-state index is -0.242. The number of hydrogen-bond donors (Lipinski definition) is 3. The Morgan fingerprint density at radius 1 is 1.38 bits per heavy atom. The van der Waals surface area contributed by atoms with Crippen molar-refractivity contribution in [2.75, 3.05) is 25.0 Å². The maximum atomic E-state index is 12.9. The minimum Gasteiger partial charge on any atom is -0.349 e. The molecule has 0 unspecified atom stereocenters. The third-order valence-electron chi connectivity index (χ3n) is 4.54.